The summed E-state index contributed by atoms with van der Waals surface area (Å²) in [5.74, 6) is 0. The van der Waals surface area contributed by atoms with Gasteiger partial charge in [-0.2, -0.15) is 0 Å². The molecule has 1 unspecified atom stereocenters. The van der Waals surface area contributed by atoms with Crippen molar-refractivity contribution in [2.24, 2.45) is 0 Å². The predicted octanol–water partition coefficient (Wildman–Crippen LogP) is 0.182. The SMILES string of the molecule is CC1S[C@H](CO)[C@@H](O)[C@@H]1F. The molecule has 0 spiro atoms. The number of thioether (sulfide) groups is 1. The summed E-state index contributed by atoms with van der Waals surface area (Å²) in [5.41, 5.74) is 0. The van der Waals surface area contributed by atoms with Gasteiger partial charge in [0.1, 0.15) is 12.3 Å². The number of hydrogen-bond donors (Lipinski definition) is 2. The molecule has 0 saturated carbocycles. The zero-order valence-electron chi connectivity index (χ0n) is 5.70. The molecule has 0 aromatic carbocycles. The van der Waals surface area contributed by atoms with Crippen LogP contribution in [0.15, 0.2) is 0 Å². The molecule has 2 N–H and O–H groups in total. The molecule has 0 aromatic rings. The zero-order valence-corrected chi connectivity index (χ0v) is 6.51. The average molecular weight is 166 g/mol. The fraction of sp³-hybridized carbons (Fsp3) is 1.00. The van der Waals surface area contributed by atoms with Gasteiger partial charge < -0.3 is 10.2 Å². The summed E-state index contributed by atoms with van der Waals surface area (Å²) in [7, 11) is 0. The fourth-order valence-corrected chi connectivity index (χ4v) is 2.32. The van der Waals surface area contributed by atoms with Crippen LogP contribution in [-0.2, 0) is 0 Å². The molecule has 1 fully saturated rings. The highest BCUT2D eigenvalue weighted by molar-refractivity contribution is 8.00. The van der Waals surface area contributed by atoms with Gasteiger partial charge in [-0.3, -0.25) is 0 Å². The molecule has 10 heavy (non-hydrogen) atoms. The highest BCUT2D eigenvalue weighted by Gasteiger charge is 2.40. The number of hydrogen-bond acceptors (Lipinski definition) is 3. The quantitative estimate of drug-likeness (QED) is 0.584. The molecule has 0 amide bonds. The van der Waals surface area contributed by atoms with E-state index in [1.807, 2.05) is 0 Å². The topological polar surface area (TPSA) is 40.5 Å². The molecule has 60 valence electrons. The van der Waals surface area contributed by atoms with Gasteiger partial charge in [0, 0.05) is 5.25 Å². The molecule has 1 aliphatic rings. The maximum absolute atomic E-state index is 12.8. The van der Waals surface area contributed by atoms with Crippen molar-refractivity contribution in [1.82, 2.24) is 0 Å². The van der Waals surface area contributed by atoms with Crippen molar-refractivity contribution in [2.75, 3.05) is 6.61 Å². The Bertz CT molecular complexity index is 122. The molecule has 0 radical (unpaired) electrons. The molecule has 1 saturated heterocycles. The van der Waals surface area contributed by atoms with E-state index >= 15 is 0 Å². The number of alkyl halides is 1. The third kappa shape index (κ3) is 1.28. The predicted molar refractivity (Wildman–Crippen MR) is 38.8 cm³/mol. The molecular formula is C6H11FO2S. The summed E-state index contributed by atoms with van der Waals surface area (Å²) < 4.78 is 12.8. The summed E-state index contributed by atoms with van der Waals surface area (Å²) in [6.45, 7) is 1.57. The van der Waals surface area contributed by atoms with Crippen molar-refractivity contribution in [2.45, 2.75) is 29.7 Å². The fourth-order valence-electron chi connectivity index (χ4n) is 1.07. The second kappa shape index (κ2) is 3.07. The van der Waals surface area contributed by atoms with Crippen molar-refractivity contribution in [3.05, 3.63) is 0 Å². The smallest absolute Gasteiger partial charge is 0.139 e. The van der Waals surface area contributed by atoms with Gasteiger partial charge in [0.15, 0.2) is 0 Å². The molecular weight excluding hydrogens is 155 g/mol. The van der Waals surface area contributed by atoms with Crippen LogP contribution in [0.4, 0.5) is 4.39 Å². The van der Waals surface area contributed by atoms with Gasteiger partial charge in [-0.25, -0.2) is 4.39 Å². The maximum atomic E-state index is 12.8. The third-order valence-corrected chi connectivity index (χ3v) is 3.19. The van der Waals surface area contributed by atoms with Crippen molar-refractivity contribution in [1.29, 1.82) is 0 Å². The number of aliphatic hydroxyl groups is 2. The minimum absolute atomic E-state index is 0.142. The van der Waals surface area contributed by atoms with Gasteiger partial charge in [0.2, 0.25) is 0 Å². The lowest BCUT2D eigenvalue weighted by atomic mass is 10.1. The first-order valence-electron chi connectivity index (χ1n) is 3.25. The van der Waals surface area contributed by atoms with Crippen LogP contribution in [0.2, 0.25) is 0 Å². The molecule has 0 aliphatic carbocycles. The van der Waals surface area contributed by atoms with Gasteiger partial charge in [0.25, 0.3) is 0 Å². The lowest BCUT2D eigenvalue weighted by molar-refractivity contribution is 0.0733. The maximum Gasteiger partial charge on any atom is 0.139 e. The van der Waals surface area contributed by atoms with E-state index in [2.05, 4.69) is 0 Å². The number of rotatable bonds is 1. The van der Waals surface area contributed by atoms with Crippen molar-refractivity contribution in [3.8, 4) is 0 Å². The van der Waals surface area contributed by atoms with E-state index in [1.54, 1.807) is 6.92 Å². The van der Waals surface area contributed by atoms with E-state index in [0.717, 1.165) is 0 Å². The van der Waals surface area contributed by atoms with Crippen LogP contribution in [0.1, 0.15) is 6.92 Å². The third-order valence-electron chi connectivity index (χ3n) is 1.73. The van der Waals surface area contributed by atoms with Crippen LogP contribution in [-0.4, -0.2) is 39.6 Å². The van der Waals surface area contributed by atoms with E-state index in [-0.39, 0.29) is 17.1 Å². The lowest BCUT2D eigenvalue weighted by Gasteiger charge is -2.09. The van der Waals surface area contributed by atoms with Gasteiger partial charge in [-0.1, -0.05) is 6.92 Å². The first-order chi connectivity index (χ1) is 4.66. The average Bonchev–Trinajstić information content (AvgIpc) is 2.17. The second-order valence-electron chi connectivity index (χ2n) is 2.50. The Kier molecular flexibility index (Phi) is 2.55. The summed E-state index contributed by atoms with van der Waals surface area (Å²) in [4.78, 5) is 0. The Labute approximate surface area is 63.4 Å². The Hall–Kier alpha value is 0.200. The Morgan fingerprint density at radius 3 is 2.40 bits per heavy atom. The van der Waals surface area contributed by atoms with Crippen LogP contribution in [0.3, 0.4) is 0 Å². The summed E-state index contributed by atoms with van der Waals surface area (Å²) in [6, 6.07) is 0. The van der Waals surface area contributed by atoms with Crippen LogP contribution in [0.25, 0.3) is 0 Å². The summed E-state index contributed by atoms with van der Waals surface area (Å²) in [6.07, 6.45) is -2.16. The van der Waals surface area contributed by atoms with E-state index in [9.17, 15) is 4.39 Å². The summed E-state index contributed by atoms with van der Waals surface area (Å²) in [5, 5.41) is 17.2. The van der Waals surface area contributed by atoms with Gasteiger partial charge in [0.05, 0.1) is 11.9 Å². The monoisotopic (exact) mass is 166 g/mol. The molecule has 1 aliphatic heterocycles. The van der Waals surface area contributed by atoms with Crippen LogP contribution >= 0.6 is 11.8 Å². The molecule has 4 atom stereocenters. The number of halogens is 1. The van der Waals surface area contributed by atoms with E-state index in [0.29, 0.717) is 0 Å². The van der Waals surface area contributed by atoms with E-state index < -0.39 is 12.3 Å². The molecule has 0 aromatic heterocycles. The highest BCUT2D eigenvalue weighted by atomic mass is 32.2. The van der Waals surface area contributed by atoms with Crippen LogP contribution in [0.5, 0.6) is 0 Å². The minimum atomic E-state index is -1.18. The van der Waals surface area contributed by atoms with E-state index in [4.69, 9.17) is 10.2 Å². The second-order valence-corrected chi connectivity index (χ2v) is 4.12. The molecule has 4 heteroatoms. The van der Waals surface area contributed by atoms with E-state index in [1.165, 1.54) is 11.8 Å². The lowest BCUT2D eigenvalue weighted by Crippen LogP contribution is -2.29. The van der Waals surface area contributed by atoms with Crippen LogP contribution in [0, 0.1) is 0 Å². The first-order valence-corrected chi connectivity index (χ1v) is 4.19. The number of aliphatic hydroxyl groups excluding tert-OH is 2. The van der Waals surface area contributed by atoms with Crippen molar-refractivity contribution in [3.63, 3.8) is 0 Å². The Morgan fingerprint density at radius 1 is 1.60 bits per heavy atom. The van der Waals surface area contributed by atoms with Gasteiger partial charge >= 0.3 is 0 Å². The highest BCUT2D eigenvalue weighted by Crippen LogP contribution is 2.35. The Morgan fingerprint density at radius 2 is 2.20 bits per heavy atom. The molecule has 0 bridgehead atoms. The normalized spacial score (nSPS) is 48.0. The zero-order chi connectivity index (χ0) is 7.72. The first kappa shape index (κ1) is 8.30. The largest absolute Gasteiger partial charge is 0.395 e. The van der Waals surface area contributed by atoms with Crippen molar-refractivity contribution < 1.29 is 14.6 Å². The molecule has 2 nitrogen and oxygen atoms in total. The Balaban J connectivity index is 2.53. The standard InChI is InChI=1S/C6H11FO2S/c1-3-5(7)6(9)4(2-8)10-3/h3-6,8-9H,2H2,1H3/t3?,4-,5-,6-/m1/s1. The van der Waals surface area contributed by atoms with Crippen molar-refractivity contribution >= 4 is 11.8 Å². The molecule has 1 rings (SSSR count). The summed E-state index contributed by atoms with van der Waals surface area (Å²) >= 11 is 1.31. The van der Waals surface area contributed by atoms with Gasteiger partial charge in [-0.15, -0.1) is 11.8 Å². The van der Waals surface area contributed by atoms with Crippen LogP contribution < -0.4 is 0 Å². The molecule has 1 heterocycles. The van der Waals surface area contributed by atoms with Gasteiger partial charge in [-0.05, 0) is 0 Å². The minimum Gasteiger partial charge on any atom is -0.395 e.